The van der Waals surface area contributed by atoms with E-state index >= 15 is 0 Å². The minimum absolute atomic E-state index is 0.0405. The first-order valence-corrected chi connectivity index (χ1v) is 14.3. The van der Waals surface area contributed by atoms with Gasteiger partial charge < -0.3 is 19.1 Å². The van der Waals surface area contributed by atoms with E-state index in [2.05, 4.69) is 36.7 Å². The van der Waals surface area contributed by atoms with E-state index in [1.807, 2.05) is 20.8 Å². The Balaban J connectivity index is 1.41. The lowest BCUT2D eigenvalue weighted by molar-refractivity contribution is -0.0399. The average molecular weight is 519 g/mol. The quantitative estimate of drug-likeness (QED) is 0.460. The molecule has 4 rings (SSSR count). The lowest BCUT2D eigenvalue weighted by atomic mass is 9.72. The summed E-state index contributed by atoms with van der Waals surface area (Å²) in [6.07, 6.45) is 11.1. The Bertz CT molecular complexity index is 907. The summed E-state index contributed by atoms with van der Waals surface area (Å²) in [5, 5.41) is 5.09. The van der Waals surface area contributed by atoms with Crippen LogP contribution < -0.4 is 0 Å². The lowest BCUT2D eigenvalue weighted by Crippen LogP contribution is -2.38. The third kappa shape index (κ3) is 7.48. The van der Waals surface area contributed by atoms with Crippen LogP contribution in [-0.4, -0.2) is 77.3 Å². The van der Waals surface area contributed by atoms with Crippen molar-refractivity contribution in [1.29, 1.82) is 0 Å². The van der Waals surface area contributed by atoms with Gasteiger partial charge in [0.1, 0.15) is 11.8 Å². The van der Waals surface area contributed by atoms with Gasteiger partial charge in [-0.05, 0) is 96.1 Å². The highest BCUT2D eigenvalue weighted by Crippen LogP contribution is 2.50. The summed E-state index contributed by atoms with van der Waals surface area (Å²) >= 11 is 0. The summed E-state index contributed by atoms with van der Waals surface area (Å²) in [7, 11) is 3.90. The highest BCUT2D eigenvalue weighted by atomic mass is 16.6. The van der Waals surface area contributed by atoms with Crippen LogP contribution in [0.3, 0.4) is 0 Å². The second-order valence-corrected chi connectivity index (χ2v) is 13.6. The van der Waals surface area contributed by atoms with E-state index < -0.39 is 5.60 Å². The summed E-state index contributed by atoms with van der Waals surface area (Å²) in [6, 6.07) is 0. The molecule has 8 nitrogen and oxygen atoms in total. The van der Waals surface area contributed by atoms with E-state index in [0.717, 1.165) is 70.5 Å². The summed E-state index contributed by atoms with van der Waals surface area (Å²) in [6.45, 7) is 14.1. The number of aromatic nitrogens is 2. The standard InChI is InChI=1S/C29H50N4O4/c1-27(2,3)37-26(34)32(7)16-15-31(6)19-24-23(18-33(30-24)25-10-8-9-17-35-25)22-11-13-29(14-12-22)20-28(4,5)21-36-29/h18,22,25H,8-17,19-21H2,1-7H3. The van der Waals surface area contributed by atoms with Crippen molar-refractivity contribution in [2.24, 2.45) is 5.41 Å². The van der Waals surface area contributed by atoms with Crippen LogP contribution in [0, 0.1) is 5.41 Å². The van der Waals surface area contributed by atoms with Gasteiger partial charge in [-0.1, -0.05) is 13.8 Å². The van der Waals surface area contributed by atoms with E-state index in [4.69, 9.17) is 19.3 Å². The van der Waals surface area contributed by atoms with Crippen molar-refractivity contribution in [2.75, 3.05) is 40.4 Å². The van der Waals surface area contributed by atoms with Crippen LogP contribution in [0.4, 0.5) is 4.79 Å². The number of carbonyl (C=O) groups excluding carboxylic acids is 1. The molecule has 37 heavy (non-hydrogen) atoms. The molecule has 1 saturated carbocycles. The van der Waals surface area contributed by atoms with Crippen molar-refractivity contribution in [2.45, 2.75) is 116 Å². The molecular weight excluding hydrogens is 468 g/mol. The van der Waals surface area contributed by atoms with E-state index in [1.165, 1.54) is 18.4 Å². The van der Waals surface area contributed by atoms with Crippen molar-refractivity contribution in [1.82, 2.24) is 19.6 Å². The van der Waals surface area contributed by atoms with Crippen LogP contribution in [0.15, 0.2) is 6.20 Å². The second kappa shape index (κ2) is 11.2. The van der Waals surface area contributed by atoms with Gasteiger partial charge in [0.05, 0.1) is 17.9 Å². The van der Waals surface area contributed by atoms with Gasteiger partial charge >= 0.3 is 6.09 Å². The van der Waals surface area contributed by atoms with Crippen LogP contribution in [-0.2, 0) is 20.8 Å². The van der Waals surface area contributed by atoms with Crippen molar-refractivity contribution in [3.63, 3.8) is 0 Å². The SMILES string of the molecule is CN(CCN(C)C(=O)OC(C)(C)C)Cc1nn(C2CCCCO2)cc1C1CCC2(CC1)CC(C)(C)CO2. The topological polar surface area (TPSA) is 69.1 Å². The first-order chi connectivity index (χ1) is 17.3. The molecule has 8 heteroatoms. The van der Waals surface area contributed by atoms with E-state index in [9.17, 15) is 4.79 Å². The molecule has 1 amide bonds. The molecule has 210 valence electrons. The zero-order valence-electron chi connectivity index (χ0n) is 24.3. The molecule has 3 fully saturated rings. The molecule has 0 N–H and O–H groups in total. The van der Waals surface area contributed by atoms with Crippen LogP contribution >= 0.6 is 0 Å². The maximum absolute atomic E-state index is 12.4. The maximum atomic E-state index is 12.4. The molecular formula is C29H50N4O4. The van der Waals surface area contributed by atoms with Gasteiger partial charge in [0.2, 0.25) is 0 Å². The van der Waals surface area contributed by atoms with Crippen LogP contribution in [0.25, 0.3) is 0 Å². The van der Waals surface area contributed by atoms with E-state index in [-0.39, 0.29) is 23.3 Å². The van der Waals surface area contributed by atoms with Crippen molar-refractivity contribution in [3.8, 4) is 0 Å². The lowest BCUT2D eigenvalue weighted by Gasteiger charge is -2.37. The molecule has 1 aromatic rings. The van der Waals surface area contributed by atoms with Gasteiger partial charge in [0.15, 0.2) is 0 Å². The summed E-state index contributed by atoms with van der Waals surface area (Å²) in [5.74, 6) is 0.503. The van der Waals surface area contributed by atoms with Gasteiger partial charge in [-0.2, -0.15) is 5.10 Å². The summed E-state index contributed by atoms with van der Waals surface area (Å²) in [4.78, 5) is 16.3. The van der Waals surface area contributed by atoms with E-state index in [0.29, 0.717) is 12.5 Å². The molecule has 2 saturated heterocycles. The molecule has 0 bridgehead atoms. The maximum Gasteiger partial charge on any atom is 0.410 e. The zero-order chi connectivity index (χ0) is 26.8. The fourth-order valence-electron chi connectivity index (χ4n) is 6.17. The fraction of sp³-hybridized carbons (Fsp3) is 0.862. The van der Waals surface area contributed by atoms with Gasteiger partial charge in [0, 0.05) is 39.5 Å². The number of amides is 1. The number of hydrogen-bond donors (Lipinski definition) is 0. The van der Waals surface area contributed by atoms with Gasteiger partial charge in [0.25, 0.3) is 0 Å². The van der Waals surface area contributed by atoms with Crippen molar-refractivity contribution in [3.05, 3.63) is 17.5 Å². The molecule has 0 aromatic carbocycles. The van der Waals surface area contributed by atoms with Gasteiger partial charge in [-0.25, -0.2) is 9.48 Å². The largest absolute Gasteiger partial charge is 0.444 e. The highest BCUT2D eigenvalue weighted by molar-refractivity contribution is 5.67. The molecule has 3 aliphatic rings. The monoisotopic (exact) mass is 518 g/mol. The number of likely N-dealkylation sites (N-methyl/N-ethyl adjacent to an activating group) is 2. The molecule has 3 heterocycles. The third-order valence-corrected chi connectivity index (χ3v) is 8.14. The molecule has 1 aromatic heterocycles. The Morgan fingerprint density at radius 2 is 1.89 bits per heavy atom. The molecule has 0 radical (unpaired) electrons. The Morgan fingerprint density at radius 1 is 1.16 bits per heavy atom. The minimum Gasteiger partial charge on any atom is -0.444 e. The second-order valence-electron chi connectivity index (χ2n) is 13.6. The molecule has 1 unspecified atom stereocenters. The first-order valence-electron chi connectivity index (χ1n) is 14.3. The smallest absolute Gasteiger partial charge is 0.410 e. The predicted molar refractivity (Wildman–Crippen MR) is 145 cm³/mol. The Kier molecular flexibility index (Phi) is 8.61. The van der Waals surface area contributed by atoms with Crippen LogP contribution in [0.1, 0.15) is 109 Å². The van der Waals surface area contributed by atoms with E-state index in [1.54, 1.807) is 11.9 Å². The predicted octanol–water partition coefficient (Wildman–Crippen LogP) is 5.72. The fourth-order valence-corrected chi connectivity index (χ4v) is 6.17. The molecule has 2 aliphatic heterocycles. The number of hydrogen-bond acceptors (Lipinski definition) is 6. The Hall–Kier alpha value is -1.64. The van der Waals surface area contributed by atoms with Gasteiger partial charge in [-0.15, -0.1) is 0 Å². The van der Waals surface area contributed by atoms with Crippen LogP contribution in [0.5, 0.6) is 0 Å². The molecule has 1 aliphatic carbocycles. The van der Waals surface area contributed by atoms with Crippen LogP contribution in [0.2, 0.25) is 0 Å². The third-order valence-electron chi connectivity index (χ3n) is 8.14. The normalized spacial score (nSPS) is 28.1. The minimum atomic E-state index is -0.488. The number of carbonyl (C=O) groups is 1. The summed E-state index contributed by atoms with van der Waals surface area (Å²) in [5.41, 5.74) is 2.39. The molecule has 1 spiro atoms. The van der Waals surface area contributed by atoms with Gasteiger partial charge in [-0.3, -0.25) is 4.90 Å². The van der Waals surface area contributed by atoms with Crippen molar-refractivity contribution >= 4 is 6.09 Å². The molecule has 1 atom stereocenters. The number of rotatable bonds is 7. The first kappa shape index (κ1) is 28.4. The average Bonchev–Trinajstić information content (AvgIpc) is 3.38. The Labute approximate surface area is 224 Å². The number of nitrogens with zero attached hydrogens (tertiary/aromatic N) is 4. The van der Waals surface area contributed by atoms with Crippen molar-refractivity contribution < 1.29 is 19.0 Å². The zero-order valence-corrected chi connectivity index (χ0v) is 24.3. The highest BCUT2D eigenvalue weighted by Gasteiger charge is 2.46. The Morgan fingerprint density at radius 3 is 2.49 bits per heavy atom. The number of ether oxygens (including phenoxy) is 3. The summed E-state index contributed by atoms with van der Waals surface area (Å²) < 4.78 is 20.1.